The highest BCUT2D eigenvalue weighted by molar-refractivity contribution is 7.89. The Morgan fingerprint density at radius 2 is 1.65 bits per heavy atom. The molecule has 26 heavy (non-hydrogen) atoms. The van der Waals surface area contributed by atoms with Gasteiger partial charge in [-0.3, -0.25) is 0 Å². The molecule has 0 aliphatic carbocycles. The van der Waals surface area contributed by atoms with Crippen molar-refractivity contribution in [2.45, 2.75) is 30.8 Å². The molecule has 0 aromatic heterocycles. The van der Waals surface area contributed by atoms with Crippen LogP contribution in [0.5, 0.6) is 11.5 Å². The van der Waals surface area contributed by atoms with Gasteiger partial charge in [0.25, 0.3) is 0 Å². The van der Waals surface area contributed by atoms with Gasteiger partial charge in [0.05, 0.1) is 12.0 Å². The van der Waals surface area contributed by atoms with E-state index in [0.717, 1.165) is 24.0 Å². The van der Waals surface area contributed by atoms with Crippen LogP contribution in [-0.4, -0.2) is 38.0 Å². The molecule has 0 unspecified atom stereocenters. The molecule has 3 rings (SSSR count). The van der Waals surface area contributed by atoms with Crippen molar-refractivity contribution in [3.63, 3.8) is 0 Å². The van der Waals surface area contributed by atoms with Crippen LogP contribution < -0.4 is 10.1 Å². The first-order chi connectivity index (χ1) is 12.5. The molecule has 140 valence electrons. The van der Waals surface area contributed by atoms with Gasteiger partial charge >= 0.3 is 0 Å². The Morgan fingerprint density at radius 1 is 1.04 bits per heavy atom. The maximum atomic E-state index is 12.5. The Kier molecular flexibility index (Phi) is 5.80. The van der Waals surface area contributed by atoms with E-state index in [-0.39, 0.29) is 5.75 Å². The first-order valence-electron chi connectivity index (χ1n) is 8.66. The SMILES string of the molecule is COc1ccc(CNCc2ccc(S(=O)(=O)N3CCCC3)cc2)cc1O. The van der Waals surface area contributed by atoms with Gasteiger partial charge in [0.15, 0.2) is 11.5 Å². The maximum Gasteiger partial charge on any atom is 0.243 e. The van der Waals surface area contributed by atoms with Crippen LogP contribution in [0.4, 0.5) is 0 Å². The summed E-state index contributed by atoms with van der Waals surface area (Å²) in [6, 6.07) is 12.3. The summed E-state index contributed by atoms with van der Waals surface area (Å²) >= 11 is 0. The van der Waals surface area contributed by atoms with Crippen LogP contribution in [0.15, 0.2) is 47.4 Å². The van der Waals surface area contributed by atoms with Crippen LogP contribution in [0.1, 0.15) is 24.0 Å². The van der Waals surface area contributed by atoms with Crippen LogP contribution in [-0.2, 0) is 23.1 Å². The monoisotopic (exact) mass is 376 g/mol. The lowest BCUT2D eigenvalue weighted by molar-refractivity contribution is 0.373. The lowest BCUT2D eigenvalue weighted by Crippen LogP contribution is -2.27. The number of phenols is 1. The van der Waals surface area contributed by atoms with Crippen LogP contribution >= 0.6 is 0 Å². The number of nitrogens with one attached hydrogen (secondary N) is 1. The van der Waals surface area contributed by atoms with Gasteiger partial charge in [-0.15, -0.1) is 0 Å². The summed E-state index contributed by atoms with van der Waals surface area (Å²) in [7, 11) is -1.84. The Hall–Kier alpha value is -2.09. The molecule has 7 heteroatoms. The number of rotatable bonds is 7. The average Bonchev–Trinajstić information content (AvgIpc) is 3.18. The van der Waals surface area contributed by atoms with Gasteiger partial charge < -0.3 is 15.2 Å². The Balaban J connectivity index is 1.57. The highest BCUT2D eigenvalue weighted by Crippen LogP contribution is 2.26. The molecular formula is C19H24N2O4S. The summed E-state index contributed by atoms with van der Waals surface area (Å²) in [5, 5.41) is 13.1. The summed E-state index contributed by atoms with van der Waals surface area (Å²) in [6.45, 7) is 2.42. The van der Waals surface area contributed by atoms with E-state index in [1.54, 1.807) is 28.6 Å². The van der Waals surface area contributed by atoms with Crippen molar-refractivity contribution in [3.8, 4) is 11.5 Å². The molecule has 0 bridgehead atoms. The lowest BCUT2D eigenvalue weighted by Gasteiger charge is -2.15. The summed E-state index contributed by atoms with van der Waals surface area (Å²) in [6.07, 6.45) is 1.87. The number of nitrogens with zero attached hydrogens (tertiary/aromatic N) is 1. The van der Waals surface area contributed by atoms with Crippen LogP contribution in [0, 0.1) is 0 Å². The summed E-state index contributed by atoms with van der Waals surface area (Å²) in [5.41, 5.74) is 1.94. The van der Waals surface area contributed by atoms with Crippen molar-refractivity contribution in [1.82, 2.24) is 9.62 Å². The van der Waals surface area contributed by atoms with Crippen LogP contribution in [0.2, 0.25) is 0 Å². The molecule has 6 nitrogen and oxygen atoms in total. The second-order valence-corrected chi connectivity index (χ2v) is 8.30. The smallest absolute Gasteiger partial charge is 0.243 e. The lowest BCUT2D eigenvalue weighted by atomic mass is 10.2. The molecule has 1 fully saturated rings. The molecule has 0 radical (unpaired) electrons. The predicted octanol–water partition coefficient (Wildman–Crippen LogP) is 2.48. The fraction of sp³-hybridized carbons (Fsp3) is 0.368. The number of methoxy groups -OCH3 is 1. The number of aromatic hydroxyl groups is 1. The molecule has 0 atom stereocenters. The summed E-state index contributed by atoms with van der Waals surface area (Å²) in [5.74, 6) is 0.562. The number of hydrogen-bond donors (Lipinski definition) is 2. The molecular weight excluding hydrogens is 352 g/mol. The molecule has 2 aromatic rings. The first kappa shape index (κ1) is 18.7. The second-order valence-electron chi connectivity index (χ2n) is 6.36. The standard InChI is InChI=1S/C19H24N2O4S/c1-25-19-9-6-16(12-18(19)22)14-20-13-15-4-7-17(8-5-15)26(23,24)21-10-2-3-11-21/h4-9,12,20,22H,2-3,10-11,13-14H2,1H3. The van der Waals surface area contributed by atoms with E-state index in [0.29, 0.717) is 36.8 Å². The van der Waals surface area contributed by atoms with Crippen LogP contribution in [0.3, 0.4) is 0 Å². The Labute approximate surface area is 154 Å². The van der Waals surface area contributed by atoms with Gasteiger partial charge in [0, 0.05) is 26.2 Å². The fourth-order valence-corrected chi connectivity index (χ4v) is 4.57. The number of sulfonamides is 1. The maximum absolute atomic E-state index is 12.5. The molecule has 0 saturated carbocycles. The summed E-state index contributed by atoms with van der Waals surface area (Å²) < 4.78 is 31.6. The van der Waals surface area contributed by atoms with E-state index in [1.165, 1.54) is 7.11 Å². The molecule has 1 saturated heterocycles. The topological polar surface area (TPSA) is 78.9 Å². The van der Waals surface area contributed by atoms with E-state index in [1.807, 2.05) is 18.2 Å². The first-order valence-corrected chi connectivity index (χ1v) is 10.1. The Morgan fingerprint density at radius 3 is 2.27 bits per heavy atom. The molecule has 1 aliphatic heterocycles. The highest BCUT2D eigenvalue weighted by Gasteiger charge is 2.26. The van der Waals surface area contributed by atoms with E-state index in [9.17, 15) is 13.5 Å². The van der Waals surface area contributed by atoms with Crippen molar-refractivity contribution < 1.29 is 18.3 Å². The van der Waals surface area contributed by atoms with Crippen molar-refractivity contribution in [2.24, 2.45) is 0 Å². The van der Waals surface area contributed by atoms with Crippen molar-refractivity contribution in [2.75, 3.05) is 20.2 Å². The number of phenolic OH excluding ortho intramolecular Hbond substituents is 1. The van der Waals surface area contributed by atoms with Gasteiger partial charge in [-0.05, 0) is 48.2 Å². The second kappa shape index (κ2) is 8.07. The van der Waals surface area contributed by atoms with E-state index < -0.39 is 10.0 Å². The molecule has 1 heterocycles. The van der Waals surface area contributed by atoms with Gasteiger partial charge in [0.1, 0.15) is 0 Å². The molecule has 2 N–H and O–H groups in total. The molecule has 1 aliphatic rings. The minimum Gasteiger partial charge on any atom is -0.504 e. The van der Waals surface area contributed by atoms with E-state index in [4.69, 9.17) is 4.74 Å². The normalized spacial score (nSPS) is 15.3. The molecule has 0 amide bonds. The van der Waals surface area contributed by atoms with E-state index in [2.05, 4.69) is 5.32 Å². The van der Waals surface area contributed by atoms with Gasteiger partial charge in [-0.25, -0.2) is 8.42 Å². The third kappa shape index (κ3) is 4.17. The quantitative estimate of drug-likeness (QED) is 0.776. The minimum absolute atomic E-state index is 0.114. The average molecular weight is 376 g/mol. The largest absolute Gasteiger partial charge is 0.504 e. The van der Waals surface area contributed by atoms with Crippen molar-refractivity contribution >= 4 is 10.0 Å². The minimum atomic E-state index is -3.36. The predicted molar refractivity (Wildman–Crippen MR) is 99.6 cm³/mol. The summed E-state index contributed by atoms with van der Waals surface area (Å²) in [4.78, 5) is 0.350. The zero-order chi connectivity index (χ0) is 18.6. The Bertz CT molecular complexity index is 844. The van der Waals surface area contributed by atoms with Crippen LogP contribution in [0.25, 0.3) is 0 Å². The third-order valence-corrected chi connectivity index (χ3v) is 6.44. The zero-order valence-corrected chi connectivity index (χ0v) is 15.6. The van der Waals surface area contributed by atoms with Crippen molar-refractivity contribution in [1.29, 1.82) is 0 Å². The number of ether oxygens (including phenoxy) is 1. The highest BCUT2D eigenvalue weighted by atomic mass is 32.2. The molecule has 0 spiro atoms. The van der Waals surface area contributed by atoms with Crippen molar-refractivity contribution in [3.05, 3.63) is 53.6 Å². The number of benzene rings is 2. The van der Waals surface area contributed by atoms with Gasteiger partial charge in [-0.2, -0.15) is 4.31 Å². The van der Waals surface area contributed by atoms with Gasteiger partial charge in [0.2, 0.25) is 10.0 Å². The molecule has 2 aromatic carbocycles. The van der Waals surface area contributed by atoms with Gasteiger partial charge in [-0.1, -0.05) is 18.2 Å². The van der Waals surface area contributed by atoms with E-state index >= 15 is 0 Å². The zero-order valence-electron chi connectivity index (χ0n) is 14.8. The third-order valence-electron chi connectivity index (χ3n) is 4.53. The number of hydrogen-bond acceptors (Lipinski definition) is 5. The fourth-order valence-electron chi connectivity index (χ4n) is 3.05.